The summed E-state index contributed by atoms with van der Waals surface area (Å²) >= 11 is 6.99. The quantitative estimate of drug-likeness (QED) is 0.345. The van der Waals surface area contributed by atoms with E-state index in [2.05, 4.69) is 6.92 Å². The van der Waals surface area contributed by atoms with Crippen LogP contribution in [0, 0.1) is 0 Å². The highest BCUT2D eigenvalue weighted by Crippen LogP contribution is 2.18. The number of rotatable bonds is 5. The molecule has 0 N–H and O–H groups in total. The molecular weight excluding hydrogens is 232 g/mol. The molecule has 0 aromatic heterocycles. The molecule has 0 aliphatic heterocycles. The molecule has 0 saturated carbocycles. The van der Waals surface area contributed by atoms with Gasteiger partial charge in [0.05, 0.1) is 5.88 Å². The molecule has 0 radical (unpaired) electrons. The highest BCUT2D eigenvalue weighted by atomic mass is 35.5. The molecular formula is C11H11ClO2S. The van der Waals surface area contributed by atoms with Crippen LogP contribution in [0.3, 0.4) is 0 Å². The molecule has 0 fully saturated rings. The molecule has 4 heteroatoms. The molecule has 2 nitrogen and oxygen atoms in total. The van der Waals surface area contributed by atoms with Gasteiger partial charge >= 0.3 is 0 Å². The highest BCUT2D eigenvalue weighted by molar-refractivity contribution is 7.99. The van der Waals surface area contributed by atoms with Crippen LogP contribution in [0.15, 0.2) is 29.2 Å². The lowest BCUT2D eigenvalue weighted by Gasteiger charge is -2.00. The number of halogens is 1. The standard InChI is InChI=1S/C11H11ClO2S/c1-2-15-9-5-3-8(4-6-9)11(14)10(13)7-12/h3-6H,2,7H2,1H3. The molecule has 1 rings (SSSR count). The second-order valence-corrected chi connectivity index (χ2v) is 4.45. The Balaban J connectivity index is 2.80. The van der Waals surface area contributed by atoms with Crippen LogP contribution in [-0.2, 0) is 4.79 Å². The fourth-order valence-electron chi connectivity index (χ4n) is 1.09. The number of thioether (sulfide) groups is 1. The summed E-state index contributed by atoms with van der Waals surface area (Å²) in [6.45, 7) is 2.06. The Bertz CT molecular complexity index is 359. The fourth-order valence-corrected chi connectivity index (χ4v) is 1.87. The number of alkyl halides is 1. The van der Waals surface area contributed by atoms with Crippen LogP contribution in [0.5, 0.6) is 0 Å². The number of Topliss-reactive ketones (excluding diaryl/α,β-unsaturated/α-hetero) is 2. The van der Waals surface area contributed by atoms with Crippen LogP contribution >= 0.6 is 23.4 Å². The average molecular weight is 243 g/mol. The number of benzene rings is 1. The fraction of sp³-hybridized carbons (Fsp3) is 0.273. The van der Waals surface area contributed by atoms with Gasteiger partial charge in [0.2, 0.25) is 11.6 Å². The Kier molecular flexibility index (Phi) is 4.85. The predicted octanol–water partition coefficient (Wildman–Crippen LogP) is 2.79. The van der Waals surface area contributed by atoms with Crippen LogP contribution in [0.1, 0.15) is 17.3 Å². The van der Waals surface area contributed by atoms with Gasteiger partial charge in [-0.15, -0.1) is 23.4 Å². The Morgan fingerprint density at radius 3 is 2.33 bits per heavy atom. The molecule has 1 aromatic carbocycles. The van der Waals surface area contributed by atoms with E-state index < -0.39 is 11.6 Å². The van der Waals surface area contributed by atoms with E-state index in [0.29, 0.717) is 5.56 Å². The summed E-state index contributed by atoms with van der Waals surface area (Å²) in [5.74, 6) is -0.358. The number of hydrogen-bond acceptors (Lipinski definition) is 3. The monoisotopic (exact) mass is 242 g/mol. The Morgan fingerprint density at radius 1 is 1.27 bits per heavy atom. The molecule has 0 aliphatic rings. The lowest BCUT2D eigenvalue weighted by atomic mass is 10.1. The van der Waals surface area contributed by atoms with Gasteiger partial charge in [0.15, 0.2) is 0 Å². The number of ketones is 2. The van der Waals surface area contributed by atoms with Crippen molar-refractivity contribution in [3.05, 3.63) is 29.8 Å². The van der Waals surface area contributed by atoms with Gasteiger partial charge < -0.3 is 0 Å². The van der Waals surface area contributed by atoms with E-state index >= 15 is 0 Å². The molecule has 0 unspecified atom stereocenters. The maximum Gasteiger partial charge on any atom is 0.229 e. The molecule has 0 amide bonds. The first kappa shape index (κ1) is 12.3. The van der Waals surface area contributed by atoms with Crippen molar-refractivity contribution in [2.75, 3.05) is 11.6 Å². The molecule has 0 saturated heterocycles. The molecule has 0 heterocycles. The van der Waals surface area contributed by atoms with E-state index in [1.807, 2.05) is 12.1 Å². The smallest absolute Gasteiger partial charge is 0.229 e. The highest BCUT2D eigenvalue weighted by Gasteiger charge is 2.14. The zero-order chi connectivity index (χ0) is 11.3. The summed E-state index contributed by atoms with van der Waals surface area (Å²) in [6.07, 6.45) is 0. The maximum absolute atomic E-state index is 11.4. The summed E-state index contributed by atoms with van der Waals surface area (Å²) in [7, 11) is 0. The summed E-state index contributed by atoms with van der Waals surface area (Å²) in [6, 6.07) is 6.99. The second-order valence-electron chi connectivity index (χ2n) is 2.84. The number of hydrogen-bond donors (Lipinski definition) is 0. The first-order chi connectivity index (χ1) is 7.19. The molecule has 0 atom stereocenters. The Labute approximate surface area is 98.0 Å². The summed E-state index contributed by atoms with van der Waals surface area (Å²) in [5, 5.41) is 0. The third-order valence-corrected chi connectivity index (χ3v) is 2.94. The summed E-state index contributed by atoms with van der Waals surface area (Å²) < 4.78 is 0. The third kappa shape index (κ3) is 3.36. The Morgan fingerprint density at radius 2 is 1.87 bits per heavy atom. The molecule has 0 aliphatic carbocycles. The molecule has 0 bridgehead atoms. The van der Waals surface area contributed by atoms with Crippen molar-refractivity contribution in [3.8, 4) is 0 Å². The van der Waals surface area contributed by atoms with E-state index in [-0.39, 0.29) is 5.88 Å². The SMILES string of the molecule is CCSc1ccc(C(=O)C(=O)CCl)cc1. The van der Waals surface area contributed by atoms with Crippen molar-refractivity contribution in [1.82, 2.24) is 0 Å². The topological polar surface area (TPSA) is 34.1 Å². The largest absolute Gasteiger partial charge is 0.289 e. The van der Waals surface area contributed by atoms with Gasteiger partial charge in [-0.2, -0.15) is 0 Å². The summed E-state index contributed by atoms with van der Waals surface area (Å²) in [5.41, 5.74) is 0.404. The van der Waals surface area contributed by atoms with Gasteiger partial charge in [-0.3, -0.25) is 9.59 Å². The van der Waals surface area contributed by atoms with Crippen molar-refractivity contribution in [2.45, 2.75) is 11.8 Å². The van der Waals surface area contributed by atoms with E-state index in [1.54, 1.807) is 23.9 Å². The van der Waals surface area contributed by atoms with E-state index in [4.69, 9.17) is 11.6 Å². The zero-order valence-corrected chi connectivity index (χ0v) is 9.90. The van der Waals surface area contributed by atoms with Crippen LogP contribution < -0.4 is 0 Å². The Hall–Kier alpha value is -0.800. The van der Waals surface area contributed by atoms with E-state index in [1.165, 1.54) is 0 Å². The van der Waals surface area contributed by atoms with Crippen LogP contribution in [0.4, 0.5) is 0 Å². The molecule has 0 spiro atoms. The number of carbonyl (C=O) groups is 2. The summed E-state index contributed by atoms with van der Waals surface area (Å²) in [4.78, 5) is 23.5. The third-order valence-electron chi connectivity index (χ3n) is 1.80. The maximum atomic E-state index is 11.4. The normalized spacial score (nSPS) is 10.0. The van der Waals surface area contributed by atoms with Crippen molar-refractivity contribution in [3.63, 3.8) is 0 Å². The first-order valence-corrected chi connectivity index (χ1v) is 6.07. The lowest BCUT2D eigenvalue weighted by Crippen LogP contribution is -2.15. The average Bonchev–Trinajstić information content (AvgIpc) is 2.28. The zero-order valence-electron chi connectivity index (χ0n) is 8.33. The van der Waals surface area contributed by atoms with E-state index in [9.17, 15) is 9.59 Å². The minimum atomic E-state index is -0.562. The minimum absolute atomic E-state index is 0.260. The van der Waals surface area contributed by atoms with Gasteiger partial charge in [0.1, 0.15) is 0 Å². The van der Waals surface area contributed by atoms with Gasteiger partial charge in [0, 0.05) is 10.5 Å². The van der Waals surface area contributed by atoms with Crippen molar-refractivity contribution >= 4 is 34.9 Å². The van der Waals surface area contributed by atoms with Crippen LogP contribution in [-0.4, -0.2) is 23.2 Å². The van der Waals surface area contributed by atoms with Crippen LogP contribution in [0.25, 0.3) is 0 Å². The number of carbonyl (C=O) groups excluding carboxylic acids is 2. The predicted molar refractivity (Wildman–Crippen MR) is 62.9 cm³/mol. The van der Waals surface area contributed by atoms with E-state index in [0.717, 1.165) is 10.6 Å². The van der Waals surface area contributed by atoms with Gasteiger partial charge in [-0.1, -0.05) is 6.92 Å². The second kappa shape index (κ2) is 5.93. The van der Waals surface area contributed by atoms with Gasteiger partial charge in [-0.25, -0.2) is 0 Å². The van der Waals surface area contributed by atoms with Crippen molar-refractivity contribution in [1.29, 1.82) is 0 Å². The molecule has 80 valence electrons. The van der Waals surface area contributed by atoms with Crippen molar-refractivity contribution in [2.24, 2.45) is 0 Å². The van der Waals surface area contributed by atoms with Gasteiger partial charge in [0.25, 0.3) is 0 Å². The molecule has 1 aromatic rings. The molecule has 15 heavy (non-hydrogen) atoms. The van der Waals surface area contributed by atoms with Crippen LogP contribution in [0.2, 0.25) is 0 Å². The van der Waals surface area contributed by atoms with Crippen molar-refractivity contribution < 1.29 is 9.59 Å². The minimum Gasteiger partial charge on any atom is -0.289 e. The first-order valence-electron chi connectivity index (χ1n) is 4.55. The lowest BCUT2D eigenvalue weighted by molar-refractivity contribution is -0.112. The van der Waals surface area contributed by atoms with Gasteiger partial charge in [-0.05, 0) is 30.0 Å².